The lowest BCUT2D eigenvalue weighted by molar-refractivity contribution is 0.708. The fraction of sp³-hybridized carbons (Fsp3) is 0.385. The molecule has 3 rings (SSSR count). The van der Waals surface area contributed by atoms with Crippen molar-refractivity contribution in [2.75, 3.05) is 0 Å². The molecule has 2 nitrogen and oxygen atoms in total. The summed E-state index contributed by atoms with van der Waals surface area (Å²) in [5.74, 6) is 0.913. The first-order chi connectivity index (χ1) is 8.74. The van der Waals surface area contributed by atoms with Crippen LogP contribution in [-0.2, 0) is 12.8 Å². The van der Waals surface area contributed by atoms with E-state index in [4.69, 9.17) is 12.2 Å². The van der Waals surface area contributed by atoms with E-state index in [1.807, 2.05) is 6.07 Å². The summed E-state index contributed by atoms with van der Waals surface area (Å²) in [5.41, 5.74) is 2.56. The molecule has 0 saturated heterocycles. The molecule has 5 heteroatoms. The van der Waals surface area contributed by atoms with E-state index < -0.39 is 0 Å². The average molecular weight is 341 g/mol. The monoisotopic (exact) mass is 340 g/mol. The van der Waals surface area contributed by atoms with Crippen LogP contribution in [0.25, 0.3) is 10.7 Å². The molecule has 0 radical (unpaired) electrons. The Kier molecular flexibility index (Phi) is 3.63. The third-order valence-corrected chi connectivity index (χ3v) is 5.23. The van der Waals surface area contributed by atoms with Crippen LogP contribution >= 0.6 is 39.5 Å². The van der Waals surface area contributed by atoms with Gasteiger partial charge in [0, 0.05) is 11.3 Å². The molecule has 2 aromatic heterocycles. The van der Waals surface area contributed by atoms with Gasteiger partial charge in [-0.05, 0) is 53.7 Å². The van der Waals surface area contributed by atoms with Crippen LogP contribution in [0.1, 0.15) is 30.5 Å². The van der Waals surface area contributed by atoms with E-state index in [9.17, 15) is 0 Å². The Balaban J connectivity index is 2.10. The molecule has 2 aromatic rings. The van der Waals surface area contributed by atoms with E-state index in [2.05, 4.69) is 32.0 Å². The summed E-state index contributed by atoms with van der Waals surface area (Å²) >= 11 is 10.6. The Hall–Kier alpha value is -0.520. The molecule has 0 fully saturated rings. The van der Waals surface area contributed by atoms with E-state index in [1.165, 1.54) is 30.5 Å². The van der Waals surface area contributed by atoms with Gasteiger partial charge in [0.2, 0.25) is 0 Å². The molecule has 18 heavy (non-hydrogen) atoms. The Morgan fingerprint density at radius 3 is 2.83 bits per heavy atom. The van der Waals surface area contributed by atoms with Crippen LogP contribution in [0, 0.1) is 4.64 Å². The summed E-state index contributed by atoms with van der Waals surface area (Å²) in [6.45, 7) is 0. The number of nitrogens with zero attached hydrogens (tertiary/aromatic N) is 1. The van der Waals surface area contributed by atoms with Gasteiger partial charge >= 0.3 is 0 Å². The Morgan fingerprint density at radius 1 is 1.22 bits per heavy atom. The standard InChI is InChI=1S/C13H13BrN2S2/c14-11-7-6-10(18-11)12-15-9-5-3-1-2-4-8(9)13(17)16-12/h6-7H,1-5H2,(H,15,16,17). The molecule has 0 atom stereocenters. The molecule has 0 spiro atoms. The lowest BCUT2D eigenvalue weighted by Crippen LogP contribution is -2.01. The van der Waals surface area contributed by atoms with Crippen LogP contribution in [0.4, 0.5) is 0 Å². The number of rotatable bonds is 1. The highest BCUT2D eigenvalue weighted by molar-refractivity contribution is 9.11. The predicted molar refractivity (Wildman–Crippen MR) is 81.7 cm³/mol. The number of hydrogen-bond acceptors (Lipinski definition) is 3. The Bertz CT molecular complexity index is 630. The summed E-state index contributed by atoms with van der Waals surface area (Å²) in [4.78, 5) is 9.19. The van der Waals surface area contributed by atoms with Crippen molar-refractivity contribution >= 4 is 39.5 Å². The van der Waals surface area contributed by atoms with Crippen LogP contribution in [0.5, 0.6) is 0 Å². The van der Waals surface area contributed by atoms with Gasteiger partial charge in [0.15, 0.2) is 0 Å². The minimum absolute atomic E-state index is 0.783. The van der Waals surface area contributed by atoms with Crippen molar-refractivity contribution in [2.45, 2.75) is 32.1 Å². The fourth-order valence-corrected chi connectivity index (χ4v) is 4.00. The van der Waals surface area contributed by atoms with Gasteiger partial charge in [0.05, 0.1) is 8.66 Å². The zero-order valence-electron chi connectivity index (χ0n) is 9.83. The van der Waals surface area contributed by atoms with Gasteiger partial charge in [-0.1, -0.05) is 18.6 Å². The Labute approximate surface area is 124 Å². The number of aromatic amines is 1. The summed E-state index contributed by atoms with van der Waals surface area (Å²) in [7, 11) is 0. The van der Waals surface area contributed by atoms with E-state index in [-0.39, 0.29) is 0 Å². The Morgan fingerprint density at radius 2 is 2.06 bits per heavy atom. The van der Waals surface area contributed by atoms with Gasteiger partial charge in [0.1, 0.15) is 10.5 Å². The van der Waals surface area contributed by atoms with Gasteiger partial charge in [-0.2, -0.15) is 0 Å². The largest absolute Gasteiger partial charge is 0.342 e. The molecule has 0 bridgehead atoms. The normalized spacial score (nSPS) is 15.2. The number of halogens is 1. The van der Waals surface area contributed by atoms with Gasteiger partial charge in [-0.3, -0.25) is 0 Å². The molecule has 1 aliphatic rings. The van der Waals surface area contributed by atoms with Crippen molar-refractivity contribution in [3.8, 4) is 10.7 Å². The second kappa shape index (κ2) is 5.23. The third kappa shape index (κ3) is 2.44. The highest BCUT2D eigenvalue weighted by Gasteiger charge is 2.13. The van der Waals surface area contributed by atoms with Crippen molar-refractivity contribution in [2.24, 2.45) is 0 Å². The van der Waals surface area contributed by atoms with Crippen LogP contribution in [0.2, 0.25) is 0 Å². The number of aromatic nitrogens is 2. The van der Waals surface area contributed by atoms with Crippen LogP contribution in [0.15, 0.2) is 15.9 Å². The summed E-state index contributed by atoms with van der Waals surface area (Å²) < 4.78 is 1.90. The molecule has 0 amide bonds. The molecule has 1 N–H and O–H groups in total. The number of H-pyrrole nitrogens is 1. The third-order valence-electron chi connectivity index (χ3n) is 3.27. The smallest absolute Gasteiger partial charge is 0.149 e. The number of aryl methyl sites for hydroxylation is 1. The topological polar surface area (TPSA) is 28.7 Å². The number of fused-ring (bicyclic) bond motifs is 1. The predicted octanol–water partition coefficient (Wildman–Crippen LogP) is 4.90. The first kappa shape index (κ1) is 12.5. The number of thiophene rings is 1. The number of nitrogens with one attached hydrogen (secondary N) is 1. The lowest BCUT2D eigenvalue weighted by atomic mass is 10.1. The van der Waals surface area contributed by atoms with Gasteiger partial charge in [-0.15, -0.1) is 11.3 Å². The van der Waals surface area contributed by atoms with E-state index in [0.29, 0.717) is 0 Å². The first-order valence-corrected chi connectivity index (χ1v) is 8.13. The molecule has 1 aliphatic carbocycles. The maximum Gasteiger partial charge on any atom is 0.149 e. The van der Waals surface area contributed by atoms with Crippen molar-refractivity contribution in [1.29, 1.82) is 0 Å². The molecule has 0 aliphatic heterocycles. The van der Waals surface area contributed by atoms with Gasteiger partial charge in [-0.25, -0.2) is 4.98 Å². The molecule has 0 saturated carbocycles. The first-order valence-electron chi connectivity index (χ1n) is 6.12. The average Bonchev–Trinajstić information content (AvgIpc) is 2.63. The SMILES string of the molecule is S=c1nc(-c2ccc(Br)s2)[nH]c2c1CCCCC2. The van der Waals surface area contributed by atoms with Crippen molar-refractivity contribution in [1.82, 2.24) is 9.97 Å². The maximum atomic E-state index is 5.46. The zero-order valence-corrected chi connectivity index (χ0v) is 13.1. The van der Waals surface area contributed by atoms with E-state index >= 15 is 0 Å². The van der Waals surface area contributed by atoms with E-state index in [0.717, 1.165) is 32.0 Å². The molecule has 94 valence electrons. The molecule has 2 heterocycles. The van der Waals surface area contributed by atoms with Crippen LogP contribution in [-0.4, -0.2) is 9.97 Å². The molecular formula is C13H13BrN2S2. The van der Waals surface area contributed by atoms with Crippen LogP contribution in [0.3, 0.4) is 0 Å². The zero-order chi connectivity index (χ0) is 12.5. The van der Waals surface area contributed by atoms with Crippen LogP contribution < -0.4 is 0 Å². The highest BCUT2D eigenvalue weighted by Crippen LogP contribution is 2.30. The lowest BCUT2D eigenvalue weighted by Gasteiger charge is -2.08. The molecule has 0 aromatic carbocycles. The van der Waals surface area contributed by atoms with Crippen molar-refractivity contribution in [3.05, 3.63) is 31.8 Å². The highest BCUT2D eigenvalue weighted by atomic mass is 79.9. The second-order valence-electron chi connectivity index (χ2n) is 4.51. The summed E-state index contributed by atoms with van der Waals surface area (Å²) in [6.07, 6.45) is 5.94. The van der Waals surface area contributed by atoms with Crippen molar-refractivity contribution < 1.29 is 0 Å². The minimum Gasteiger partial charge on any atom is -0.342 e. The fourth-order valence-electron chi connectivity index (χ4n) is 2.35. The maximum absolute atomic E-state index is 5.46. The second-order valence-corrected chi connectivity index (χ2v) is 7.36. The van der Waals surface area contributed by atoms with Gasteiger partial charge < -0.3 is 4.98 Å². The van der Waals surface area contributed by atoms with Gasteiger partial charge in [0.25, 0.3) is 0 Å². The number of hydrogen-bond donors (Lipinski definition) is 1. The molecule has 0 unspecified atom stereocenters. The quantitative estimate of drug-likeness (QED) is 0.590. The summed E-state index contributed by atoms with van der Waals surface area (Å²) in [5, 5.41) is 0. The molecular weight excluding hydrogens is 328 g/mol. The van der Waals surface area contributed by atoms with E-state index in [1.54, 1.807) is 11.3 Å². The van der Waals surface area contributed by atoms with Crippen molar-refractivity contribution in [3.63, 3.8) is 0 Å². The summed E-state index contributed by atoms with van der Waals surface area (Å²) in [6, 6.07) is 4.12. The minimum atomic E-state index is 0.783.